The number of aliphatic hydroxyl groups excluding tert-OH is 1. The standard InChI is InChI=1S/C19H26N4O2/c1-20-19(25)18-9-11-23(21-18)16-8-5-10-22(13-16)14-17(24)12-15-6-3-2-4-7-15/h2-4,6-7,9,11,16-17,24H,5,8,10,12-14H2,1H3,(H,20,25)/t16-,17-/m0/s1. The van der Waals surface area contributed by atoms with Crippen LogP contribution in [0.25, 0.3) is 0 Å². The monoisotopic (exact) mass is 342 g/mol. The van der Waals surface area contributed by atoms with Gasteiger partial charge in [0.15, 0.2) is 0 Å². The second kappa shape index (κ2) is 8.27. The molecule has 2 N–H and O–H groups in total. The number of nitrogens with zero attached hydrogens (tertiary/aromatic N) is 3. The molecule has 6 heteroatoms. The van der Waals surface area contributed by atoms with Crippen molar-refractivity contribution < 1.29 is 9.90 Å². The molecule has 134 valence electrons. The highest BCUT2D eigenvalue weighted by molar-refractivity contribution is 5.91. The quantitative estimate of drug-likeness (QED) is 0.834. The second-order valence-corrected chi connectivity index (χ2v) is 6.66. The summed E-state index contributed by atoms with van der Waals surface area (Å²) < 4.78 is 1.89. The average molecular weight is 342 g/mol. The number of hydrogen-bond acceptors (Lipinski definition) is 4. The number of aliphatic hydroxyl groups is 1. The predicted octanol–water partition coefficient (Wildman–Crippen LogP) is 1.48. The van der Waals surface area contributed by atoms with Gasteiger partial charge in [0.05, 0.1) is 12.1 Å². The van der Waals surface area contributed by atoms with Crippen LogP contribution in [0.3, 0.4) is 0 Å². The predicted molar refractivity (Wildman–Crippen MR) is 96.5 cm³/mol. The molecule has 1 aromatic carbocycles. The number of benzene rings is 1. The maximum Gasteiger partial charge on any atom is 0.271 e. The van der Waals surface area contributed by atoms with Crippen LogP contribution in [-0.4, -0.2) is 58.5 Å². The normalized spacial score (nSPS) is 19.5. The van der Waals surface area contributed by atoms with Crippen LogP contribution < -0.4 is 5.32 Å². The van der Waals surface area contributed by atoms with Gasteiger partial charge in [-0.05, 0) is 37.4 Å². The molecule has 1 aliphatic heterocycles. The minimum atomic E-state index is -0.375. The van der Waals surface area contributed by atoms with E-state index in [0.717, 1.165) is 31.5 Å². The van der Waals surface area contributed by atoms with E-state index in [0.29, 0.717) is 18.7 Å². The topological polar surface area (TPSA) is 70.4 Å². The van der Waals surface area contributed by atoms with Crippen LogP contribution in [-0.2, 0) is 6.42 Å². The SMILES string of the molecule is CNC(=O)c1ccn([C@H]2CCCN(C[C@@H](O)Cc3ccccc3)C2)n1. The lowest BCUT2D eigenvalue weighted by Crippen LogP contribution is -2.41. The van der Waals surface area contributed by atoms with Crippen LogP contribution in [0.15, 0.2) is 42.6 Å². The minimum Gasteiger partial charge on any atom is -0.391 e. The molecule has 0 spiro atoms. The lowest BCUT2D eigenvalue weighted by atomic mass is 10.0. The molecule has 1 aromatic heterocycles. The zero-order valence-corrected chi connectivity index (χ0v) is 14.6. The van der Waals surface area contributed by atoms with Crippen molar-refractivity contribution >= 4 is 5.91 Å². The highest BCUT2D eigenvalue weighted by atomic mass is 16.3. The zero-order chi connectivity index (χ0) is 17.6. The Kier molecular flexibility index (Phi) is 5.83. The van der Waals surface area contributed by atoms with Gasteiger partial charge in [0.2, 0.25) is 0 Å². The van der Waals surface area contributed by atoms with Crippen molar-refractivity contribution in [2.75, 3.05) is 26.7 Å². The van der Waals surface area contributed by atoms with E-state index in [1.165, 1.54) is 0 Å². The van der Waals surface area contributed by atoms with E-state index >= 15 is 0 Å². The number of amides is 1. The number of likely N-dealkylation sites (tertiary alicyclic amines) is 1. The molecule has 25 heavy (non-hydrogen) atoms. The van der Waals surface area contributed by atoms with Gasteiger partial charge in [0, 0.05) is 26.3 Å². The fourth-order valence-electron chi connectivity index (χ4n) is 3.45. The summed E-state index contributed by atoms with van der Waals surface area (Å²) in [5, 5.41) is 17.4. The van der Waals surface area contributed by atoms with Crippen molar-refractivity contribution in [3.05, 3.63) is 53.9 Å². The van der Waals surface area contributed by atoms with Crippen LogP contribution in [0, 0.1) is 0 Å². The second-order valence-electron chi connectivity index (χ2n) is 6.66. The summed E-state index contributed by atoms with van der Waals surface area (Å²) in [6.07, 6.45) is 4.28. The molecule has 0 aliphatic carbocycles. The Morgan fingerprint density at radius 3 is 2.92 bits per heavy atom. The molecule has 2 atom stereocenters. The lowest BCUT2D eigenvalue weighted by Gasteiger charge is -2.34. The highest BCUT2D eigenvalue weighted by Crippen LogP contribution is 2.21. The van der Waals surface area contributed by atoms with Gasteiger partial charge in [-0.15, -0.1) is 0 Å². The number of carbonyl (C=O) groups excluding carboxylic acids is 1. The number of piperidine rings is 1. The Morgan fingerprint density at radius 2 is 2.16 bits per heavy atom. The van der Waals surface area contributed by atoms with Crippen LogP contribution in [0.4, 0.5) is 0 Å². The van der Waals surface area contributed by atoms with Gasteiger partial charge < -0.3 is 10.4 Å². The third-order valence-electron chi connectivity index (χ3n) is 4.71. The molecule has 1 fully saturated rings. The van der Waals surface area contributed by atoms with Gasteiger partial charge in [-0.1, -0.05) is 30.3 Å². The smallest absolute Gasteiger partial charge is 0.271 e. The number of nitrogens with one attached hydrogen (secondary N) is 1. The molecular formula is C19H26N4O2. The first-order valence-corrected chi connectivity index (χ1v) is 8.87. The number of β-amino-alcohol motifs (C(OH)–C–C–N with tert-alkyl or cyclic N) is 1. The van der Waals surface area contributed by atoms with Gasteiger partial charge in [-0.3, -0.25) is 14.4 Å². The summed E-state index contributed by atoms with van der Waals surface area (Å²) in [5.74, 6) is -0.162. The van der Waals surface area contributed by atoms with Gasteiger partial charge in [0.25, 0.3) is 5.91 Å². The number of rotatable bonds is 6. The van der Waals surface area contributed by atoms with Gasteiger partial charge in [0.1, 0.15) is 5.69 Å². The van der Waals surface area contributed by atoms with Gasteiger partial charge >= 0.3 is 0 Å². The van der Waals surface area contributed by atoms with Crippen LogP contribution in [0.2, 0.25) is 0 Å². The van der Waals surface area contributed by atoms with Crippen LogP contribution >= 0.6 is 0 Å². The maximum absolute atomic E-state index is 11.7. The third-order valence-corrected chi connectivity index (χ3v) is 4.71. The Hall–Kier alpha value is -2.18. The third kappa shape index (κ3) is 4.67. The van der Waals surface area contributed by atoms with E-state index < -0.39 is 0 Å². The van der Waals surface area contributed by atoms with Crippen molar-refractivity contribution in [3.8, 4) is 0 Å². The minimum absolute atomic E-state index is 0.162. The number of carbonyl (C=O) groups is 1. The molecule has 0 unspecified atom stereocenters. The molecule has 0 radical (unpaired) electrons. The summed E-state index contributed by atoms with van der Waals surface area (Å²) in [4.78, 5) is 14.0. The van der Waals surface area contributed by atoms with E-state index in [2.05, 4.69) is 15.3 Å². The molecule has 2 heterocycles. The molecule has 1 amide bonds. The van der Waals surface area contributed by atoms with Gasteiger partial charge in [-0.25, -0.2) is 0 Å². The first kappa shape index (κ1) is 17.6. The largest absolute Gasteiger partial charge is 0.391 e. The Labute approximate surface area is 148 Å². The van der Waals surface area contributed by atoms with Crippen LogP contribution in [0.5, 0.6) is 0 Å². The molecule has 3 rings (SSSR count). The van der Waals surface area contributed by atoms with Crippen molar-refractivity contribution in [1.82, 2.24) is 20.0 Å². The first-order valence-electron chi connectivity index (χ1n) is 8.87. The average Bonchev–Trinajstić information content (AvgIpc) is 3.12. The van der Waals surface area contributed by atoms with E-state index in [-0.39, 0.29) is 18.1 Å². The summed E-state index contributed by atoms with van der Waals surface area (Å²) in [7, 11) is 1.61. The fraction of sp³-hybridized carbons (Fsp3) is 0.474. The summed E-state index contributed by atoms with van der Waals surface area (Å²) >= 11 is 0. The first-order chi connectivity index (χ1) is 12.2. The van der Waals surface area contributed by atoms with E-state index in [1.54, 1.807) is 13.1 Å². The summed E-state index contributed by atoms with van der Waals surface area (Å²) in [5.41, 5.74) is 1.61. The molecule has 1 saturated heterocycles. The van der Waals surface area contributed by atoms with E-state index in [1.807, 2.05) is 41.2 Å². The molecule has 2 aromatic rings. The van der Waals surface area contributed by atoms with Gasteiger partial charge in [-0.2, -0.15) is 5.10 Å². The molecule has 0 bridgehead atoms. The zero-order valence-electron chi connectivity index (χ0n) is 14.6. The van der Waals surface area contributed by atoms with Crippen LogP contribution in [0.1, 0.15) is 34.9 Å². The number of aromatic nitrogens is 2. The lowest BCUT2D eigenvalue weighted by molar-refractivity contribution is 0.0839. The highest BCUT2D eigenvalue weighted by Gasteiger charge is 2.24. The number of hydrogen-bond donors (Lipinski definition) is 2. The summed E-state index contributed by atoms with van der Waals surface area (Å²) in [6.45, 7) is 2.50. The van der Waals surface area contributed by atoms with Crippen molar-refractivity contribution in [2.24, 2.45) is 0 Å². The Balaban J connectivity index is 1.55. The fourth-order valence-corrected chi connectivity index (χ4v) is 3.45. The maximum atomic E-state index is 11.7. The Bertz CT molecular complexity index is 686. The molecular weight excluding hydrogens is 316 g/mol. The van der Waals surface area contributed by atoms with Crippen molar-refractivity contribution in [3.63, 3.8) is 0 Å². The van der Waals surface area contributed by atoms with Crippen molar-refractivity contribution in [2.45, 2.75) is 31.4 Å². The molecule has 0 saturated carbocycles. The van der Waals surface area contributed by atoms with E-state index in [9.17, 15) is 9.90 Å². The Morgan fingerprint density at radius 1 is 1.36 bits per heavy atom. The molecule has 1 aliphatic rings. The van der Waals surface area contributed by atoms with Crippen molar-refractivity contribution in [1.29, 1.82) is 0 Å². The molecule has 6 nitrogen and oxygen atoms in total. The summed E-state index contributed by atoms with van der Waals surface area (Å²) in [6, 6.07) is 12.1. The van der Waals surface area contributed by atoms with E-state index in [4.69, 9.17) is 0 Å².